The zero-order valence-corrected chi connectivity index (χ0v) is 10.9. The number of allylic oxidation sites excluding steroid dienone is 2. The van der Waals surface area contributed by atoms with Gasteiger partial charge in [-0.2, -0.15) is 0 Å². The Morgan fingerprint density at radius 1 is 1.29 bits per heavy atom. The zero-order valence-electron chi connectivity index (χ0n) is 10.9. The molecule has 0 aliphatic carbocycles. The van der Waals surface area contributed by atoms with Gasteiger partial charge in [0.15, 0.2) is 0 Å². The second kappa shape index (κ2) is 6.95. The van der Waals surface area contributed by atoms with Crippen molar-refractivity contribution in [2.24, 2.45) is 0 Å². The molecule has 0 saturated heterocycles. The molecule has 0 aliphatic heterocycles. The molecule has 0 aromatic heterocycles. The second-order valence-corrected chi connectivity index (χ2v) is 4.38. The first-order chi connectivity index (χ1) is 8.23. The summed E-state index contributed by atoms with van der Waals surface area (Å²) in [6.07, 6.45) is 8.06. The van der Waals surface area contributed by atoms with Crippen LogP contribution in [0.25, 0.3) is 0 Å². The maximum Gasteiger partial charge on any atom is 0.0873 e. The largest absolute Gasteiger partial charge is 0.501 e. The van der Waals surface area contributed by atoms with Crippen molar-refractivity contribution < 1.29 is 4.74 Å². The average Bonchev–Trinajstić information content (AvgIpc) is 2.39. The van der Waals surface area contributed by atoms with Gasteiger partial charge in [-0.25, -0.2) is 0 Å². The molecule has 0 aliphatic rings. The van der Waals surface area contributed by atoms with Gasteiger partial charge in [0.2, 0.25) is 0 Å². The third-order valence-corrected chi connectivity index (χ3v) is 2.95. The molecule has 0 unspecified atom stereocenters. The Kier molecular flexibility index (Phi) is 5.55. The van der Waals surface area contributed by atoms with Gasteiger partial charge in [-0.1, -0.05) is 49.8 Å². The minimum absolute atomic E-state index is 0.159. The molecule has 0 fully saturated rings. The van der Waals surface area contributed by atoms with Crippen molar-refractivity contribution in [2.45, 2.75) is 32.1 Å². The van der Waals surface area contributed by atoms with Crippen LogP contribution in [0.3, 0.4) is 0 Å². The summed E-state index contributed by atoms with van der Waals surface area (Å²) in [5.74, 6) is 0. The fraction of sp³-hybridized carbons (Fsp3) is 0.375. The summed E-state index contributed by atoms with van der Waals surface area (Å²) in [6.45, 7) is 9.00. The molecule has 92 valence electrons. The van der Waals surface area contributed by atoms with E-state index < -0.39 is 0 Å². The van der Waals surface area contributed by atoms with Crippen LogP contribution in [0.15, 0.2) is 55.3 Å². The first-order valence-electron chi connectivity index (χ1n) is 6.21. The highest BCUT2D eigenvalue weighted by molar-refractivity contribution is 5.34. The van der Waals surface area contributed by atoms with Gasteiger partial charge in [0.25, 0.3) is 0 Å². The third kappa shape index (κ3) is 4.10. The molecule has 0 radical (unpaired) electrons. The molecule has 0 heterocycles. The number of hydrogen-bond acceptors (Lipinski definition) is 1. The van der Waals surface area contributed by atoms with E-state index in [1.807, 2.05) is 24.3 Å². The van der Waals surface area contributed by atoms with Gasteiger partial charge >= 0.3 is 0 Å². The van der Waals surface area contributed by atoms with Crippen LogP contribution in [0.2, 0.25) is 0 Å². The van der Waals surface area contributed by atoms with Gasteiger partial charge in [0.1, 0.15) is 0 Å². The van der Waals surface area contributed by atoms with Crippen molar-refractivity contribution in [1.29, 1.82) is 0 Å². The van der Waals surface area contributed by atoms with Gasteiger partial charge in [-0.05, 0) is 25.0 Å². The lowest BCUT2D eigenvalue weighted by Gasteiger charge is -2.21. The van der Waals surface area contributed by atoms with E-state index in [-0.39, 0.29) is 5.41 Å². The van der Waals surface area contributed by atoms with Crippen molar-refractivity contribution in [3.63, 3.8) is 0 Å². The molecular weight excluding hydrogens is 208 g/mol. The van der Waals surface area contributed by atoms with Crippen molar-refractivity contribution in [3.8, 4) is 0 Å². The second-order valence-electron chi connectivity index (χ2n) is 4.38. The number of benzene rings is 1. The molecule has 0 saturated carbocycles. The highest BCUT2D eigenvalue weighted by Gasteiger charge is 2.18. The molecule has 1 rings (SSSR count). The molecule has 1 aromatic carbocycles. The maximum atomic E-state index is 5.46. The van der Waals surface area contributed by atoms with Crippen LogP contribution < -0.4 is 0 Å². The van der Waals surface area contributed by atoms with Gasteiger partial charge in [0, 0.05) is 5.41 Å². The fourth-order valence-corrected chi connectivity index (χ4v) is 1.56. The molecular formula is C16H22O. The number of hydrogen-bond donors (Lipinski definition) is 0. The smallest absolute Gasteiger partial charge is 0.0873 e. The highest BCUT2D eigenvalue weighted by atomic mass is 16.5. The Morgan fingerprint density at radius 3 is 2.59 bits per heavy atom. The Balaban J connectivity index is 2.66. The highest BCUT2D eigenvalue weighted by Crippen LogP contribution is 2.26. The quantitative estimate of drug-likeness (QED) is 0.382. The monoisotopic (exact) mass is 230 g/mol. The van der Waals surface area contributed by atoms with E-state index in [9.17, 15) is 0 Å². The summed E-state index contributed by atoms with van der Waals surface area (Å²) in [5, 5.41) is 0. The topological polar surface area (TPSA) is 9.23 Å². The SMILES string of the molecule is C=C[C@](C)(/C=C\OCCCC)c1ccccc1. The molecule has 0 spiro atoms. The molecule has 1 aromatic rings. The maximum absolute atomic E-state index is 5.46. The molecule has 0 bridgehead atoms. The molecule has 17 heavy (non-hydrogen) atoms. The number of unbranched alkanes of at least 4 members (excludes halogenated alkanes) is 1. The van der Waals surface area contributed by atoms with Crippen LogP contribution in [0.1, 0.15) is 32.3 Å². The number of ether oxygens (including phenoxy) is 1. The third-order valence-electron chi connectivity index (χ3n) is 2.95. The van der Waals surface area contributed by atoms with Crippen LogP contribution in [-0.2, 0) is 10.2 Å². The van der Waals surface area contributed by atoms with Crippen LogP contribution in [0.5, 0.6) is 0 Å². The van der Waals surface area contributed by atoms with E-state index in [1.54, 1.807) is 6.26 Å². The van der Waals surface area contributed by atoms with E-state index in [4.69, 9.17) is 4.74 Å². The van der Waals surface area contributed by atoms with Crippen LogP contribution in [0, 0.1) is 0 Å². The minimum atomic E-state index is -0.159. The van der Waals surface area contributed by atoms with E-state index in [0.717, 1.165) is 19.4 Å². The Hall–Kier alpha value is -1.50. The van der Waals surface area contributed by atoms with Gasteiger partial charge < -0.3 is 4.74 Å². The van der Waals surface area contributed by atoms with E-state index >= 15 is 0 Å². The fourth-order valence-electron chi connectivity index (χ4n) is 1.56. The molecule has 1 heteroatoms. The van der Waals surface area contributed by atoms with Crippen molar-refractivity contribution >= 4 is 0 Å². The first-order valence-corrected chi connectivity index (χ1v) is 6.21. The van der Waals surface area contributed by atoms with E-state index in [0.29, 0.717) is 0 Å². The average molecular weight is 230 g/mol. The summed E-state index contributed by atoms with van der Waals surface area (Å²) in [5.41, 5.74) is 1.07. The van der Waals surface area contributed by atoms with Crippen molar-refractivity contribution in [2.75, 3.05) is 6.61 Å². The van der Waals surface area contributed by atoms with Crippen molar-refractivity contribution in [3.05, 3.63) is 60.9 Å². The Labute approximate surface area is 105 Å². The van der Waals surface area contributed by atoms with E-state index in [1.165, 1.54) is 5.56 Å². The number of rotatable bonds is 7. The summed E-state index contributed by atoms with van der Waals surface area (Å²) in [6, 6.07) is 10.3. The lowest BCUT2D eigenvalue weighted by molar-refractivity contribution is 0.241. The lowest BCUT2D eigenvalue weighted by Crippen LogP contribution is -2.15. The first kappa shape index (κ1) is 13.6. The standard InChI is InChI=1S/C16H22O/c1-4-6-13-17-14-12-16(3,5-2)15-10-8-7-9-11-15/h5,7-12,14H,2,4,6,13H2,1,3H3/b14-12-/t16-/m1/s1. The van der Waals surface area contributed by atoms with Gasteiger partial charge in [0.05, 0.1) is 12.9 Å². The van der Waals surface area contributed by atoms with E-state index in [2.05, 4.69) is 38.6 Å². The molecule has 0 N–H and O–H groups in total. The normalized spacial score (nSPS) is 14.5. The molecule has 1 nitrogen and oxygen atoms in total. The Bertz CT molecular complexity index is 353. The molecule has 0 amide bonds. The summed E-state index contributed by atoms with van der Waals surface area (Å²) in [7, 11) is 0. The van der Waals surface area contributed by atoms with Crippen LogP contribution in [0.4, 0.5) is 0 Å². The van der Waals surface area contributed by atoms with Crippen LogP contribution >= 0.6 is 0 Å². The predicted octanol–water partition coefficient (Wildman–Crippen LogP) is 4.46. The van der Waals surface area contributed by atoms with Crippen molar-refractivity contribution in [1.82, 2.24) is 0 Å². The Morgan fingerprint density at radius 2 is 2.00 bits per heavy atom. The van der Waals surface area contributed by atoms with Crippen LogP contribution in [-0.4, -0.2) is 6.61 Å². The van der Waals surface area contributed by atoms with Gasteiger partial charge in [-0.15, -0.1) is 6.58 Å². The summed E-state index contributed by atoms with van der Waals surface area (Å²) < 4.78 is 5.46. The lowest BCUT2D eigenvalue weighted by atomic mass is 9.83. The minimum Gasteiger partial charge on any atom is -0.501 e. The summed E-state index contributed by atoms with van der Waals surface area (Å²) in [4.78, 5) is 0. The predicted molar refractivity (Wildman–Crippen MR) is 74.0 cm³/mol. The zero-order chi connectivity index (χ0) is 12.6. The van der Waals surface area contributed by atoms with Gasteiger partial charge in [-0.3, -0.25) is 0 Å². The molecule has 1 atom stereocenters. The summed E-state index contributed by atoms with van der Waals surface area (Å²) >= 11 is 0.